The van der Waals surface area contributed by atoms with Gasteiger partial charge in [-0.3, -0.25) is 18.7 Å². The molecule has 0 radical (unpaired) electrons. The van der Waals surface area contributed by atoms with Crippen LogP contribution in [0.4, 0.5) is 26.4 Å². The second-order valence-electron chi connectivity index (χ2n) is 8.53. The van der Waals surface area contributed by atoms with Gasteiger partial charge in [-0.2, -0.15) is 4.98 Å². The summed E-state index contributed by atoms with van der Waals surface area (Å²) in [6.07, 6.45) is 2.10. The lowest BCUT2D eigenvalue weighted by atomic mass is 10.1. The summed E-state index contributed by atoms with van der Waals surface area (Å²) in [5.41, 5.74) is 0.472. The van der Waals surface area contributed by atoms with Crippen molar-refractivity contribution < 1.29 is 31.5 Å². The van der Waals surface area contributed by atoms with Gasteiger partial charge in [-0.25, -0.2) is 27.2 Å². The van der Waals surface area contributed by atoms with Crippen LogP contribution in [0.25, 0.3) is 5.65 Å². The first-order chi connectivity index (χ1) is 17.9. The van der Waals surface area contributed by atoms with E-state index >= 15 is 0 Å². The van der Waals surface area contributed by atoms with E-state index in [1.165, 1.54) is 28.9 Å². The number of aromatic nitrogens is 4. The number of amides is 1. The van der Waals surface area contributed by atoms with Gasteiger partial charge >= 0.3 is 5.97 Å². The van der Waals surface area contributed by atoms with Gasteiger partial charge < -0.3 is 15.0 Å². The molecular formula is C22H24ClF2N7O5S. The lowest BCUT2D eigenvalue weighted by Gasteiger charge is -2.31. The standard InChI is InChI=1S/C22H24ClF2N7O5S/c1-3-37-17(33)12-38(35,36)30-16-11-14(23)18(19-26-6-9-32(16)19)20(34)28-15-10-13(2)27-21(29-15)31-7-4-22(24,25)5-8-31/h6,9-11,30H,3-5,7-8,12H2,1-2H3,(H,27,28,29,34). The largest absolute Gasteiger partial charge is 0.465 e. The van der Waals surface area contributed by atoms with E-state index in [2.05, 4.69) is 29.7 Å². The van der Waals surface area contributed by atoms with Crippen molar-refractivity contribution in [3.63, 3.8) is 0 Å². The number of ether oxygens (including phenoxy) is 1. The number of imidazole rings is 1. The predicted molar refractivity (Wildman–Crippen MR) is 135 cm³/mol. The number of halogens is 3. The molecule has 4 rings (SSSR count). The number of alkyl halides is 2. The minimum Gasteiger partial charge on any atom is -0.465 e. The summed E-state index contributed by atoms with van der Waals surface area (Å²) < 4.78 is 60.2. The van der Waals surface area contributed by atoms with Crippen LogP contribution < -0.4 is 14.9 Å². The Morgan fingerprint density at radius 2 is 1.92 bits per heavy atom. The van der Waals surface area contributed by atoms with Crippen molar-refractivity contribution >= 4 is 56.7 Å². The van der Waals surface area contributed by atoms with Gasteiger partial charge in [-0.1, -0.05) is 11.6 Å². The quantitative estimate of drug-likeness (QED) is 0.389. The Labute approximate surface area is 221 Å². The van der Waals surface area contributed by atoms with Crippen LogP contribution in [-0.4, -0.2) is 71.0 Å². The number of aryl methyl sites for hydroxylation is 1. The first-order valence-corrected chi connectivity index (χ1v) is 13.5. The molecule has 0 spiro atoms. The van der Waals surface area contributed by atoms with E-state index in [1.807, 2.05) is 0 Å². The third-order valence-electron chi connectivity index (χ3n) is 5.59. The highest BCUT2D eigenvalue weighted by Crippen LogP contribution is 2.30. The van der Waals surface area contributed by atoms with Crippen molar-refractivity contribution in [3.8, 4) is 0 Å². The number of fused-ring (bicyclic) bond motifs is 1. The molecule has 204 valence electrons. The van der Waals surface area contributed by atoms with Crippen molar-refractivity contribution in [2.75, 3.05) is 40.4 Å². The van der Waals surface area contributed by atoms with E-state index in [9.17, 15) is 26.8 Å². The van der Waals surface area contributed by atoms with E-state index in [0.29, 0.717) is 5.69 Å². The van der Waals surface area contributed by atoms with Crippen LogP contribution in [0.15, 0.2) is 24.5 Å². The molecule has 0 aromatic carbocycles. The Balaban J connectivity index is 1.58. The Hall–Kier alpha value is -3.59. The fourth-order valence-corrected chi connectivity index (χ4v) is 5.08. The molecule has 3 aromatic rings. The number of anilines is 3. The number of rotatable bonds is 8. The Morgan fingerprint density at radius 1 is 1.21 bits per heavy atom. The smallest absolute Gasteiger partial charge is 0.323 e. The summed E-state index contributed by atoms with van der Waals surface area (Å²) in [7, 11) is -4.15. The van der Waals surface area contributed by atoms with Crippen molar-refractivity contribution in [1.29, 1.82) is 0 Å². The van der Waals surface area contributed by atoms with Crippen LogP contribution in [0.3, 0.4) is 0 Å². The maximum absolute atomic E-state index is 13.6. The molecule has 0 bridgehead atoms. The number of nitrogens with one attached hydrogen (secondary N) is 2. The fourth-order valence-electron chi connectivity index (χ4n) is 3.86. The van der Waals surface area contributed by atoms with E-state index in [1.54, 1.807) is 18.7 Å². The lowest BCUT2D eigenvalue weighted by Crippen LogP contribution is -2.40. The maximum Gasteiger partial charge on any atom is 0.323 e. The van der Waals surface area contributed by atoms with Crippen LogP contribution in [-0.2, 0) is 19.6 Å². The number of piperidine rings is 1. The number of pyridine rings is 1. The van der Waals surface area contributed by atoms with Crippen molar-refractivity contribution in [3.05, 3.63) is 40.8 Å². The monoisotopic (exact) mass is 571 g/mol. The van der Waals surface area contributed by atoms with Crippen molar-refractivity contribution in [2.24, 2.45) is 0 Å². The highest BCUT2D eigenvalue weighted by Gasteiger charge is 2.35. The molecule has 1 aliphatic heterocycles. The normalized spacial score (nSPS) is 15.3. The zero-order valence-electron chi connectivity index (χ0n) is 20.4. The van der Waals surface area contributed by atoms with Gasteiger partial charge in [-0.15, -0.1) is 0 Å². The molecule has 3 aromatic heterocycles. The van der Waals surface area contributed by atoms with Crippen LogP contribution in [0.2, 0.25) is 5.02 Å². The molecule has 0 unspecified atom stereocenters. The van der Waals surface area contributed by atoms with E-state index in [0.717, 1.165) is 0 Å². The zero-order valence-corrected chi connectivity index (χ0v) is 21.9. The predicted octanol–water partition coefficient (Wildman–Crippen LogP) is 2.88. The molecular weight excluding hydrogens is 548 g/mol. The summed E-state index contributed by atoms with van der Waals surface area (Å²) in [6, 6.07) is 2.72. The van der Waals surface area contributed by atoms with E-state index < -0.39 is 33.6 Å². The highest BCUT2D eigenvalue weighted by atomic mass is 35.5. The summed E-state index contributed by atoms with van der Waals surface area (Å²) in [5.74, 6) is -4.99. The molecule has 38 heavy (non-hydrogen) atoms. The van der Waals surface area contributed by atoms with Gasteiger partial charge in [0.05, 0.1) is 11.6 Å². The molecule has 1 amide bonds. The molecule has 2 N–H and O–H groups in total. The topological polar surface area (TPSA) is 148 Å². The third kappa shape index (κ3) is 6.27. The van der Waals surface area contributed by atoms with Gasteiger partial charge in [0.1, 0.15) is 17.2 Å². The lowest BCUT2D eigenvalue weighted by molar-refractivity contribution is -0.139. The van der Waals surface area contributed by atoms with E-state index in [-0.39, 0.29) is 66.4 Å². The molecule has 1 aliphatic rings. The summed E-state index contributed by atoms with van der Waals surface area (Å²) in [4.78, 5) is 39.2. The average molecular weight is 572 g/mol. The van der Waals surface area contributed by atoms with Gasteiger partial charge in [0, 0.05) is 50.1 Å². The summed E-state index contributed by atoms with van der Waals surface area (Å²) >= 11 is 6.37. The second kappa shape index (κ2) is 10.6. The van der Waals surface area contributed by atoms with Crippen LogP contribution in [0.1, 0.15) is 35.8 Å². The second-order valence-corrected chi connectivity index (χ2v) is 10.7. The molecule has 4 heterocycles. The third-order valence-corrected chi connectivity index (χ3v) is 7.02. The molecule has 1 saturated heterocycles. The van der Waals surface area contributed by atoms with Gasteiger partial charge in [0.15, 0.2) is 11.4 Å². The fraction of sp³-hybridized carbons (Fsp3) is 0.409. The number of nitrogens with zero attached hydrogens (tertiary/aromatic N) is 5. The number of hydrogen-bond acceptors (Lipinski definition) is 9. The highest BCUT2D eigenvalue weighted by molar-refractivity contribution is 7.93. The number of sulfonamides is 1. The molecule has 1 fully saturated rings. The summed E-state index contributed by atoms with van der Waals surface area (Å²) in [6.45, 7) is 3.39. The van der Waals surface area contributed by atoms with Crippen molar-refractivity contribution in [1.82, 2.24) is 19.4 Å². The van der Waals surface area contributed by atoms with Gasteiger partial charge in [0.2, 0.25) is 16.0 Å². The Kier molecular flexibility index (Phi) is 7.69. The minimum absolute atomic E-state index is 0.0249. The molecule has 16 heteroatoms. The molecule has 0 aliphatic carbocycles. The van der Waals surface area contributed by atoms with Gasteiger partial charge in [0.25, 0.3) is 11.8 Å². The number of carbonyl (C=O) groups is 2. The van der Waals surface area contributed by atoms with E-state index in [4.69, 9.17) is 11.6 Å². The first-order valence-electron chi connectivity index (χ1n) is 11.5. The number of carbonyl (C=O) groups excluding carboxylic acids is 2. The Bertz CT molecular complexity index is 1490. The molecule has 12 nitrogen and oxygen atoms in total. The maximum atomic E-state index is 13.6. The first kappa shape index (κ1) is 27.4. The molecule has 0 saturated carbocycles. The zero-order chi connectivity index (χ0) is 27.7. The van der Waals surface area contributed by atoms with Crippen LogP contribution in [0, 0.1) is 6.92 Å². The number of esters is 1. The average Bonchev–Trinajstić information content (AvgIpc) is 3.28. The SMILES string of the molecule is CCOC(=O)CS(=O)(=O)Nc1cc(Cl)c(C(=O)Nc2cc(C)nc(N3CCC(F)(F)CC3)n2)c2nccn12. The molecule has 0 atom stereocenters. The Morgan fingerprint density at radius 3 is 2.61 bits per heavy atom. The summed E-state index contributed by atoms with van der Waals surface area (Å²) in [5, 5.41) is 2.50. The minimum atomic E-state index is -4.15. The van der Waals surface area contributed by atoms with Crippen molar-refractivity contribution in [2.45, 2.75) is 32.6 Å². The van der Waals surface area contributed by atoms with Crippen LogP contribution >= 0.6 is 11.6 Å². The number of hydrogen-bond donors (Lipinski definition) is 2. The van der Waals surface area contributed by atoms with Gasteiger partial charge in [-0.05, 0) is 19.9 Å². The van der Waals surface area contributed by atoms with Crippen LogP contribution in [0.5, 0.6) is 0 Å².